The molecule has 2 aromatic heterocycles. The highest BCUT2D eigenvalue weighted by molar-refractivity contribution is 6.19. The summed E-state index contributed by atoms with van der Waals surface area (Å²) < 4.78 is 6.35. The monoisotopic (exact) mass is 764 g/mol. The Kier molecular flexibility index (Phi) is 7.76. The van der Waals surface area contributed by atoms with E-state index in [-0.39, 0.29) is 0 Å². The van der Waals surface area contributed by atoms with E-state index in [0.717, 1.165) is 61.1 Å². The summed E-state index contributed by atoms with van der Waals surface area (Å²) >= 11 is 0. The molecule has 0 bridgehead atoms. The zero-order valence-electron chi connectivity index (χ0n) is 32.6. The highest BCUT2D eigenvalue weighted by Gasteiger charge is 2.46. The fraction of sp³-hybridized carbons (Fsp3) is 0.0175. The van der Waals surface area contributed by atoms with Gasteiger partial charge in [0.1, 0.15) is 11.2 Å². The maximum absolute atomic E-state index is 6.35. The van der Waals surface area contributed by atoms with Gasteiger partial charge in [0, 0.05) is 27.5 Å². The Hall–Kier alpha value is -7.88. The first-order valence-corrected chi connectivity index (χ1v) is 20.5. The van der Waals surface area contributed by atoms with Crippen molar-refractivity contribution < 1.29 is 4.42 Å². The van der Waals surface area contributed by atoms with Gasteiger partial charge in [-0.1, -0.05) is 188 Å². The Morgan fingerprint density at radius 2 is 0.967 bits per heavy atom. The molecule has 1 aliphatic rings. The highest BCUT2D eigenvalue weighted by Crippen LogP contribution is 2.58. The van der Waals surface area contributed by atoms with E-state index in [2.05, 4.69) is 212 Å². The normalized spacial score (nSPS) is 12.8. The van der Waals surface area contributed by atoms with Crippen molar-refractivity contribution in [1.82, 2.24) is 9.97 Å². The standard InChI is InChI=1S/C57H36N2O/c1-4-17-38(18-5-1)56-58-50(41-20-14-19-39(34-41)40-31-32-52-47(35-40)55-44-25-11-10-16-37(44)30-33-53(55)60-52)36-51(59-56)46-27-15-29-49-54(46)45-26-12-13-28-48(45)57(49,42-21-6-2-7-22-42)43-23-8-3-9-24-43/h1-36H. The molecule has 2 heterocycles. The summed E-state index contributed by atoms with van der Waals surface area (Å²) in [4.78, 5) is 10.7. The van der Waals surface area contributed by atoms with Crippen LogP contribution in [0.3, 0.4) is 0 Å². The third kappa shape index (κ3) is 5.23. The molecule has 0 spiro atoms. The molecule has 0 saturated carbocycles. The summed E-state index contributed by atoms with van der Waals surface area (Å²) in [5.41, 5.74) is 15.7. The van der Waals surface area contributed by atoms with Gasteiger partial charge in [-0.3, -0.25) is 0 Å². The molecule has 0 atom stereocenters. The minimum absolute atomic E-state index is 0.509. The van der Waals surface area contributed by atoms with Gasteiger partial charge in [-0.2, -0.15) is 0 Å². The Bertz CT molecular complexity index is 3380. The Balaban J connectivity index is 1.06. The zero-order chi connectivity index (χ0) is 39.6. The van der Waals surface area contributed by atoms with Crippen LogP contribution in [0.1, 0.15) is 22.3 Å². The highest BCUT2D eigenvalue weighted by atomic mass is 16.3. The molecule has 12 rings (SSSR count). The van der Waals surface area contributed by atoms with Gasteiger partial charge in [0.15, 0.2) is 5.82 Å². The Labute approximate surface area is 347 Å². The first-order valence-electron chi connectivity index (χ1n) is 20.5. The van der Waals surface area contributed by atoms with E-state index in [1.54, 1.807) is 0 Å². The topological polar surface area (TPSA) is 38.9 Å². The van der Waals surface area contributed by atoms with Crippen LogP contribution in [0.5, 0.6) is 0 Å². The van der Waals surface area contributed by atoms with Crippen molar-refractivity contribution in [3.05, 3.63) is 241 Å². The smallest absolute Gasteiger partial charge is 0.160 e. The fourth-order valence-electron chi connectivity index (χ4n) is 9.74. The number of hydrogen-bond acceptors (Lipinski definition) is 3. The molecular weight excluding hydrogens is 729 g/mol. The van der Waals surface area contributed by atoms with E-state index >= 15 is 0 Å². The minimum Gasteiger partial charge on any atom is -0.456 e. The molecule has 0 saturated heterocycles. The zero-order valence-corrected chi connectivity index (χ0v) is 32.6. The number of aromatic nitrogens is 2. The van der Waals surface area contributed by atoms with Crippen LogP contribution in [-0.4, -0.2) is 9.97 Å². The second-order valence-electron chi connectivity index (χ2n) is 15.6. The number of hydrogen-bond donors (Lipinski definition) is 0. The molecule has 60 heavy (non-hydrogen) atoms. The predicted octanol–water partition coefficient (Wildman–Crippen LogP) is 14.6. The van der Waals surface area contributed by atoms with Gasteiger partial charge in [0.25, 0.3) is 0 Å². The SMILES string of the molecule is c1ccc(-c2nc(-c3cccc(-c4ccc5oc6ccc7ccccc7c6c5c4)c3)cc(-c3cccc4c3-c3ccccc3C4(c3ccccc3)c3ccccc3)n2)cc1. The quantitative estimate of drug-likeness (QED) is 0.169. The average molecular weight is 765 g/mol. The molecule has 0 amide bonds. The summed E-state index contributed by atoms with van der Waals surface area (Å²) in [6.45, 7) is 0. The van der Waals surface area contributed by atoms with Crippen molar-refractivity contribution in [3.8, 4) is 56.2 Å². The van der Waals surface area contributed by atoms with Gasteiger partial charge in [-0.15, -0.1) is 0 Å². The van der Waals surface area contributed by atoms with E-state index < -0.39 is 5.41 Å². The lowest BCUT2D eigenvalue weighted by atomic mass is 9.67. The summed E-state index contributed by atoms with van der Waals surface area (Å²) in [7, 11) is 0. The maximum atomic E-state index is 6.35. The van der Waals surface area contributed by atoms with Crippen LogP contribution in [0.15, 0.2) is 223 Å². The van der Waals surface area contributed by atoms with E-state index in [1.807, 2.05) is 6.07 Å². The molecule has 0 unspecified atom stereocenters. The molecule has 11 aromatic rings. The number of benzene rings is 9. The summed E-state index contributed by atoms with van der Waals surface area (Å²) in [6, 6.07) is 78.0. The van der Waals surface area contributed by atoms with E-state index in [0.29, 0.717) is 5.82 Å². The summed E-state index contributed by atoms with van der Waals surface area (Å²) in [5.74, 6) is 0.688. The van der Waals surface area contributed by atoms with Crippen LogP contribution < -0.4 is 0 Å². The van der Waals surface area contributed by atoms with Gasteiger partial charge in [0.05, 0.1) is 16.8 Å². The van der Waals surface area contributed by atoms with Crippen LogP contribution in [0.2, 0.25) is 0 Å². The third-order valence-corrected chi connectivity index (χ3v) is 12.4. The minimum atomic E-state index is -0.509. The molecule has 0 radical (unpaired) electrons. The van der Waals surface area contributed by atoms with Crippen LogP contribution in [0, 0.1) is 0 Å². The number of furan rings is 1. The van der Waals surface area contributed by atoms with Crippen LogP contribution >= 0.6 is 0 Å². The van der Waals surface area contributed by atoms with Crippen molar-refractivity contribution in [2.45, 2.75) is 5.41 Å². The predicted molar refractivity (Wildman–Crippen MR) is 246 cm³/mol. The van der Waals surface area contributed by atoms with Crippen LogP contribution in [0.25, 0.3) is 88.9 Å². The molecule has 1 aliphatic carbocycles. The number of nitrogens with zero attached hydrogens (tertiary/aromatic N) is 2. The molecule has 3 heteroatoms. The number of rotatable bonds is 6. The van der Waals surface area contributed by atoms with Gasteiger partial charge in [0.2, 0.25) is 0 Å². The van der Waals surface area contributed by atoms with Crippen molar-refractivity contribution in [1.29, 1.82) is 0 Å². The van der Waals surface area contributed by atoms with E-state index in [4.69, 9.17) is 14.4 Å². The second kappa shape index (κ2) is 13.6. The van der Waals surface area contributed by atoms with Crippen molar-refractivity contribution >= 4 is 32.7 Å². The first-order chi connectivity index (χ1) is 29.7. The molecule has 280 valence electrons. The van der Waals surface area contributed by atoms with Crippen molar-refractivity contribution in [3.63, 3.8) is 0 Å². The van der Waals surface area contributed by atoms with Gasteiger partial charge in [-0.25, -0.2) is 9.97 Å². The van der Waals surface area contributed by atoms with E-state index in [1.165, 1.54) is 44.2 Å². The van der Waals surface area contributed by atoms with Gasteiger partial charge >= 0.3 is 0 Å². The molecule has 0 aliphatic heterocycles. The van der Waals surface area contributed by atoms with Gasteiger partial charge in [-0.05, 0) is 85.6 Å². The summed E-state index contributed by atoms with van der Waals surface area (Å²) in [5, 5.41) is 4.66. The van der Waals surface area contributed by atoms with Crippen molar-refractivity contribution in [2.24, 2.45) is 0 Å². The Morgan fingerprint density at radius 3 is 1.78 bits per heavy atom. The van der Waals surface area contributed by atoms with Crippen LogP contribution in [-0.2, 0) is 5.41 Å². The van der Waals surface area contributed by atoms with Crippen molar-refractivity contribution in [2.75, 3.05) is 0 Å². The third-order valence-electron chi connectivity index (χ3n) is 12.4. The van der Waals surface area contributed by atoms with Gasteiger partial charge < -0.3 is 4.42 Å². The average Bonchev–Trinajstić information content (AvgIpc) is 3.86. The number of fused-ring (bicyclic) bond motifs is 8. The Morgan fingerprint density at radius 1 is 0.367 bits per heavy atom. The fourth-order valence-corrected chi connectivity index (χ4v) is 9.74. The maximum Gasteiger partial charge on any atom is 0.160 e. The van der Waals surface area contributed by atoms with E-state index in [9.17, 15) is 0 Å². The second-order valence-corrected chi connectivity index (χ2v) is 15.6. The first kappa shape index (κ1) is 34.2. The largest absolute Gasteiger partial charge is 0.456 e. The lowest BCUT2D eigenvalue weighted by molar-refractivity contribution is 0.669. The summed E-state index contributed by atoms with van der Waals surface area (Å²) in [6.07, 6.45) is 0. The molecule has 0 fully saturated rings. The lowest BCUT2D eigenvalue weighted by Crippen LogP contribution is -2.28. The molecular formula is C57H36N2O. The molecule has 9 aromatic carbocycles. The van der Waals surface area contributed by atoms with Crippen LogP contribution in [0.4, 0.5) is 0 Å². The molecule has 3 nitrogen and oxygen atoms in total. The molecule has 0 N–H and O–H groups in total. The lowest BCUT2D eigenvalue weighted by Gasteiger charge is -2.33.